The molecule has 0 aliphatic heterocycles. The second-order valence-corrected chi connectivity index (χ2v) is 4.29. The average molecular weight is 277 g/mol. The first-order chi connectivity index (χ1) is 9.20. The van der Waals surface area contributed by atoms with Crippen LogP contribution >= 0.6 is 11.6 Å². The van der Waals surface area contributed by atoms with Crippen LogP contribution in [0.4, 0.5) is 0 Å². The van der Waals surface area contributed by atoms with Crippen LogP contribution in [0.25, 0.3) is 0 Å². The molecule has 19 heavy (non-hydrogen) atoms. The van der Waals surface area contributed by atoms with Crippen molar-refractivity contribution in [3.8, 4) is 5.75 Å². The fraction of sp³-hybridized carbons (Fsp3) is 0.143. The summed E-state index contributed by atoms with van der Waals surface area (Å²) in [6.45, 7) is 0.434. The van der Waals surface area contributed by atoms with Gasteiger partial charge >= 0.3 is 0 Å². The number of ether oxygens (including phenoxy) is 1. The molecule has 0 spiro atoms. The van der Waals surface area contributed by atoms with E-state index in [2.05, 4.69) is 10.3 Å². The summed E-state index contributed by atoms with van der Waals surface area (Å²) in [7, 11) is 1.55. The standard InChI is InChI=1S/C14H13ClN2O2/c1-19-11-2-3-12(13(15)8-11)14(18)17-9-10-4-6-16-7-5-10/h2-8H,9H2,1H3,(H,17,18). The predicted molar refractivity (Wildman–Crippen MR) is 73.4 cm³/mol. The van der Waals surface area contributed by atoms with Gasteiger partial charge in [0.25, 0.3) is 5.91 Å². The zero-order valence-electron chi connectivity index (χ0n) is 10.4. The van der Waals surface area contributed by atoms with E-state index in [9.17, 15) is 4.79 Å². The van der Waals surface area contributed by atoms with Crippen molar-refractivity contribution in [2.45, 2.75) is 6.54 Å². The summed E-state index contributed by atoms with van der Waals surface area (Å²) in [4.78, 5) is 15.9. The Hall–Kier alpha value is -2.07. The number of aromatic nitrogens is 1. The quantitative estimate of drug-likeness (QED) is 0.934. The minimum absolute atomic E-state index is 0.218. The maximum atomic E-state index is 12.0. The monoisotopic (exact) mass is 276 g/mol. The number of methoxy groups -OCH3 is 1. The first kappa shape index (κ1) is 13.4. The van der Waals surface area contributed by atoms with Crippen LogP contribution in [-0.4, -0.2) is 18.0 Å². The van der Waals surface area contributed by atoms with Gasteiger partial charge in [-0.15, -0.1) is 0 Å². The summed E-state index contributed by atoms with van der Waals surface area (Å²) >= 11 is 6.03. The molecule has 4 nitrogen and oxygen atoms in total. The van der Waals surface area contributed by atoms with Gasteiger partial charge < -0.3 is 10.1 Å². The van der Waals surface area contributed by atoms with E-state index in [1.54, 1.807) is 37.7 Å². The Labute approximate surface area is 116 Å². The van der Waals surface area contributed by atoms with Crippen LogP contribution in [0.2, 0.25) is 5.02 Å². The van der Waals surface area contributed by atoms with E-state index >= 15 is 0 Å². The third kappa shape index (κ3) is 3.45. The maximum Gasteiger partial charge on any atom is 0.253 e. The molecule has 1 amide bonds. The number of hydrogen-bond acceptors (Lipinski definition) is 3. The van der Waals surface area contributed by atoms with Crippen molar-refractivity contribution in [2.24, 2.45) is 0 Å². The Morgan fingerprint density at radius 2 is 2.05 bits per heavy atom. The Bertz CT molecular complexity index is 573. The Morgan fingerprint density at radius 1 is 1.32 bits per heavy atom. The summed E-state index contributed by atoms with van der Waals surface area (Å²) in [5.74, 6) is 0.403. The van der Waals surface area contributed by atoms with Gasteiger partial charge in [0.15, 0.2) is 0 Å². The van der Waals surface area contributed by atoms with E-state index < -0.39 is 0 Å². The topological polar surface area (TPSA) is 51.2 Å². The van der Waals surface area contributed by atoms with E-state index in [1.165, 1.54) is 0 Å². The van der Waals surface area contributed by atoms with Crippen molar-refractivity contribution in [3.05, 3.63) is 58.9 Å². The lowest BCUT2D eigenvalue weighted by Gasteiger charge is -2.08. The lowest BCUT2D eigenvalue weighted by Crippen LogP contribution is -2.23. The van der Waals surface area contributed by atoms with E-state index in [-0.39, 0.29) is 5.91 Å². The zero-order chi connectivity index (χ0) is 13.7. The number of rotatable bonds is 4. The van der Waals surface area contributed by atoms with Crippen molar-refractivity contribution in [1.29, 1.82) is 0 Å². The first-order valence-electron chi connectivity index (χ1n) is 5.71. The van der Waals surface area contributed by atoms with E-state index in [0.29, 0.717) is 22.9 Å². The number of nitrogens with one attached hydrogen (secondary N) is 1. The molecule has 1 N–H and O–H groups in total. The van der Waals surface area contributed by atoms with Gasteiger partial charge in [-0.1, -0.05) is 11.6 Å². The summed E-state index contributed by atoms with van der Waals surface area (Å²) < 4.78 is 5.04. The van der Waals surface area contributed by atoms with Gasteiger partial charge in [0.05, 0.1) is 17.7 Å². The predicted octanol–water partition coefficient (Wildman–Crippen LogP) is 2.67. The van der Waals surface area contributed by atoms with E-state index in [4.69, 9.17) is 16.3 Å². The molecule has 1 aromatic heterocycles. The van der Waals surface area contributed by atoms with Gasteiger partial charge in [0, 0.05) is 18.9 Å². The van der Waals surface area contributed by atoms with Gasteiger partial charge in [0.2, 0.25) is 0 Å². The molecular formula is C14H13ClN2O2. The molecule has 0 bridgehead atoms. The van der Waals surface area contributed by atoms with Crippen LogP contribution < -0.4 is 10.1 Å². The SMILES string of the molecule is COc1ccc(C(=O)NCc2ccncc2)c(Cl)c1. The second-order valence-electron chi connectivity index (χ2n) is 3.88. The molecule has 0 saturated heterocycles. The number of nitrogens with zero attached hydrogens (tertiary/aromatic N) is 1. The number of carbonyl (C=O) groups is 1. The summed E-state index contributed by atoms with van der Waals surface area (Å²) in [6, 6.07) is 8.64. The fourth-order valence-electron chi connectivity index (χ4n) is 1.59. The van der Waals surface area contributed by atoms with Crippen molar-refractivity contribution in [1.82, 2.24) is 10.3 Å². The van der Waals surface area contributed by atoms with Gasteiger partial charge in [-0.05, 0) is 35.9 Å². The van der Waals surface area contributed by atoms with Crippen LogP contribution in [0.5, 0.6) is 5.75 Å². The molecule has 98 valence electrons. The highest BCUT2D eigenvalue weighted by molar-refractivity contribution is 6.34. The van der Waals surface area contributed by atoms with E-state index in [0.717, 1.165) is 5.56 Å². The number of hydrogen-bond donors (Lipinski definition) is 1. The third-order valence-electron chi connectivity index (χ3n) is 2.62. The van der Waals surface area contributed by atoms with E-state index in [1.807, 2.05) is 12.1 Å². The highest BCUT2D eigenvalue weighted by atomic mass is 35.5. The average Bonchev–Trinajstić information content (AvgIpc) is 2.45. The van der Waals surface area contributed by atoms with Crippen molar-refractivity contribution < 1.29 is 9.53 Å². The Balaban J connectivity index is 2.04. The summed E-state index contributed by atoms with van der Waals surface area (Å²) in [5.41, 5.74) is 1.41. The fourth-order valence-corrected chi connectivity index (χ4v) is 1.84. The van der Waals surface area contributed by atoms with Crippen LogP contribution in [0.1, 0.15) is 15.9 Å². The molecule has 0 aliphatic carbocycles. The Kier molecular flexibility index (Phi) is 4.36. The number of benzene rings is 1. The number of amides is 1. The van der Waals surface area contributed by atoms with Crippen molar-refractivity contribution in [2.75, 3.05) is 7.11 Å². The lowest BCUT2D eigenvalue weighted by atomic mass is 10.2. The molecule has 0 unspecified atom stereocenters. The van der Waals surface area contributed by atoms with Crippen LogP contribution in [0.3, 0.4) is 0 Å². The molecule has 0 saturated carbocycles. The number of halogens is 1. The van der Waals surface area contributed by atoms with Gasteiger partial charge in [-0.3, -0.25) is 9.78 Å². The summed E-state index contributed by atoms with van der Waals surface area (Å²) in [5, 5.41) is 3.17. The smallest absolute Gasteiger partial charge is 0.253 e. The number of carbonyl (C=O) groups excluding carboxylic acids is 1. The van der Waals surface area contributed by atoms with Crippen LogP contribution in [0.15, 0.2) is 42.7 Å². The Morgan fingerprint density at radius 3 is 2.68 bits per heavy atom. The third-order valence-corrected chi connectivity index (χ3v) is 2.94. The molecule has 2 aromatic rings. The lowest BCUT2D eigenvalue weighted by molar-refractivity contribution is 0.0951. The molecule has 1 aromatic carbocycles. The van der Waals surface area contributed by atoms with Crippen LogP contribution in [-0.2, 0) is 6.54 Å². The molecule has 1 heterocycles. The zero-order valence-corrected chi connectivity index (χ0v) is 11.1. The minimum atomic E-state index is -0.218. The molecular weight excluding hydrogens is 264 g/mol. The molecule has 5 heteroatoms. The normalized spacial score (nSPS) is 10.0. The molecule has 0 radical (unpaired) electrons. The first-order valence-corrected chi connectivity index (χ1v) is 6.09. The van der Waals surface area contributed by atoms with Gasteiger partial charge in [-0.2, -0.15) is 0 Å². The van der Waals surface area contributed by atoms with Crippen molar-refractivity contribution >= 4 is 17.5 Å². The van der Waals surface area contributed by atoms with Gasteiger partial charge in [0.1, 0.15) is 5.75 Å². The largest absolute Gasteiger partial charge is 0.497 e. The van der Waals surface area contributed by atoms with Gasteiger partial charge in [-0.25, -0.2) is 0 Å². The number of pyridine rings is 1. The molecule has 0 aliphatic rings. The minimum Gasteiger partial charge on any atom is -0.497 e. The second kappa shape index (κ2) is 6.20. The van der Waals surface area contributed by atoms with Crippen LogP contribution in [0, 0.1) is 0 Å². The molecule has 0 atom stereocenters. The maximum absolute atomic E-state index is 12.0. The highest BCUT2D eigenvalue weighted by Crippen LogP contribution is 2.22. The summed E-state index contributed by atoms with van der Waals surface area (Å²) in [6.07, 6.45) is 3.36. The van der Waals surface area contributed by atoms with Crippen molar-refractivity contribution in [3.63, 3.8) is 0 Å². The molecule has 2 rings (SSSR count). The molecule has 0 fully saturated rings. The highest BCUT2D eigenvalue weighted by Gasteiger charge is 2.10.